The molecule has 0 saturated carbocycles. The van der Waals surface area contributed by atoms with Gasteiger partial charge in [0.1, 0.15) is 23.7 Å². The highest BCUT2D eigenvalue weighted by Crippen LogP contribution is 2.31. The van der Waals surface area contributed by atoms with Crippen LogP contribution in [0.25, 0.3) is 0 Å². The molecule has 6 amide bonds. The topological polar surface area (TPSA) is 108 Å². The van der Waals surface area contributed by atoms with Crippen molar-refractivity contribution in [2.75, 3.05) is 13.1 Å². The summed E-state index contributed by atoms with van der Waals surface area (Å²) in [5.41, 5.74) is -0.968. The summed E-state index contributed by atoms with van der Waals surface area (Å²) in [6.07, 6.45) is 7.17. The number of carbonyl (C=O) groups is 4. The second-order valence-corrected chi connectivity index (χ2v) is 7.73. The number of halogens is 2. The maximum atomic E-state index is 14.2. The van der Waals surface area contributed by atoms with Crippen LogP contribution >= 0.6 is 0 Å². The molecule has 1 aliphatic heterocycles. The number of nitrogens with one attached hydrogen (secondary N) is 3. The van der Waals surface area contributed by atoms with Gasteiger partial charge in [0.2, 0.25) is 5.91 Å². The van der Waals surface area contributed by atoms with Crippen LogP contribution < -0.4 is 16.0 Å². The van der Waals surface area contributed by atoms with E-state index in [1.165, 1.54) is 18.9 Å². The maximum absolute atomic E-state index is 14.2. The quantitative estimate of drug-likeness (QED) is 0.472. The SMILES string of the molecule is C[C@]1(c2cc(F)ccc2F)NC(=O)N(CC(=O)NC(=O)NCCC2=CCCCC2)C1=O. The Morgan fingerprint density at radius 1 is 1.23 bits per heavy atom. The minimum atomic E-state index is -1.88. The Morgan fingerprint density at radius 3 is 2.71 bits per heavy atom. The van der Waals surface area contributed by atoms with E-state index in [1.54, 1.807) is 0 Å². The van der Waals surface area contributed by atoms with Crippen molar-refractivity contribution in [3.63, 3.8) is 0 Å². The molecular weight excluding hydrogens is 410 g/mol. The second kappa shape index (κ2) is 9.23. The Balaban J connectivity index is 1.55. The summed E-state index contributed by atoms with van der Waals surface area (Å²) in [6.45, 7) is 0.830. The predicted octanol–water partition coefficient (Wildman–Crippen LogP) is 2.45. The van der Waals surface area contributed by atoms with Gasteiger partial charge in [-0.1, -0.05) is 11.6 Å². The summed E-state index contributed by atoms with van der Waals surface area (Å²) in [6, 6.07) is 0.853. The lowest BCUT2D eigenvalue weighted by Crippen LogP contribution is -2.47. The number of hydrogen-bond acceptors (Lipinski definition) is 4. The van der Waals surface area contributed by atoms with Crippen molar-refractivity contribution in [3.8, 4) is 0 Å². The molecule has 2 aliphatic rings. The van der Waals surface area contributed by atoms with Crippen molar-refractivity contribution in [3.05, 3.63) is 47.0 Å². The van der Waals surface area contributed by atoms with Gasteiger partial charge in [-0.15, -0.1) is 0 Å². The van der Waals surface area contributed by atoms with Crippen molar-refractivity contribution in [1.29, 1.82) is 0 Å². The van der Waals surface area contributed by atoms with Crippen molar-refractivity contribution >= 4 is 23.9 Å². The highest BCUT2D eigenvalue weighted by molar-refractivity contribution is 6.10. The number of imide groups is 2. The van der Waals surface area contributed by atoms with Gasteiger partial charge in [0.05, 0.1) is 0 Å². The van der Waals surface area contributed by atoms with E-state index >= 15 is 0 Å². The van der Waals surface area contributed by atoms with Gasteiger partial charge in [0.25, 0.3) is 5.91 Å². The van der Waals surface area contributed by atoms with Crippen molar-refractivity contribution in [1.82, 2.24) is 20.9 Å². The number of nitrogens with zero attached hydrogens (tertiary/aromatic N) is 1. The number of benzene rings is 1. The minimum absolute atomic E-state index is 0.352. The highest BCUT2D eigenvalue weighted by Gasteiger charge is 2.50. The van der Waals surface area contributed by atoms with Gasteiger partial charge in [-0.25, -0.2) is 18.4 Å². The predicted molar refractivity (Wildman–Crippen MR) is 107 cm³/mol. The molecule has 0 bridgehead atoms. The third-order valence-corrected chi connectivity index (χ3v) is 5.41. The maximum Gasteiger partial charge on any atom is 0.325 e. The van der Waals surface area contributed by atoms with E-state index in [0.717, 1.165) is 37.5 Å². The van der Waals surface area contributed by atoms with Crippen LogP contribution in [0.15, 0.2) is 29.8 Å². The molecule has 0 aromatic heterocycles. The first-order chi connectivity index (χ1) is 14.7. The standard InChI is InChI=1S/C21H24F2N4O4/c1-21(15-11-14(22)7-8-16(15)23)18(29)27(20(31)26-21)12-17(28)25-19(30)24-10-9-13-5-3-2-4-6-13/h5,7-8,11H,2-4,6,9-10,12H2,1H3,(H,26,31)(H2,24,25,28,30)/t21-/m1/s1. The fraction of sp³-hybridized carbons (Fsp3) is 0.429. The number of urea groups is 2. The zero-order valence-corrected chi connectivity index (χ0v) is 17.1. The molecule has 1 heterocycles. The number of hydrogen-bond donors (Lipinski definition) is 3. The van der Waals surface area contributed by atoms with Gasteiger partial charge in [0, 0.05) is 12.1 Å². The third-order valence-electron chi connectivity index (χ3n) is 5.41. The van der Waals surface area contributed by atoms with Gasteiger partial charge >= 0.3 is 12.1 Å². The molecule has 166 valence electrons. The molecule has 1 aliphatic carbocycles. The normalized spacial score (nSPS) is 20.9. The van der Waals surface area contributed by atoms with Crippen molar-refractivity contribution < 1.29 is 28.0 Å². The fourth-order valence-electron chi connectivity index (χ4n) is 3.73. The average molecular weight is 434 g/mol. The Morgan fingerprint density at radius 2 is 2.00 bits per heavy atom. The van der Waals surface area contributed by atoms with Crippen molar-refractivity contribution in [2.45, 2.75) is 44.6 Å². The molecule has 0 unspecified atom stereocenters. The summed E-state index contributed by atoms with van der Waals surface area (Å²) >= 11 is 0. The van der Waals surface area contributed by atoms with Crippen LogP contribution in [0, 0.1) is 11.6 Å². The molecule has 8 nitrogen and oxygen atoms in total. The van der Waals surface area contributed by atoms with Gasteiger partial charge in [-0.05, 0) is 57.2 Å². The molecule has 1 fully saturated rings. The molecule has 3 N–H and O–H groups in total. The molecule has 1 aromatic rings. The van der Waals surface area contributed by atoms with Crippen LogP contribution in [0.1, 0.15) is 44.6 Å². The monoisotopic (exact) mass is 434 g/mol. The van der Waals surface area contributed by atoms with Crippen LogP contribution in [-0.2, 0) is 15.1 Å². The van der Waals surface area contributed by atoms with Gasteiger partial charge in [0.15, 0.2) is 0 Å². The van der Waals surface area contributed by atoms with E-state index in [0.29, 0.717) is 17.9 Å². The summed E-state index contributed by atoms with van der Waals surface area (Å²) in [4.78, 5) is 49.6. The van der Waals surface area contributed by atoms with Gasteiger partial charge in [-0.3, -0.25) is 19.8 Å². The van der Waals surface area contributed by atoms with E-state index in [4.69, 9.17) is 0 Å². The van der Waals surface area contributed by atoms with E-state index in [-0.39, 0.29) is 5.56 Å². The highest BCUT2D eigenvalue weighted by atomic mass is 19.1. The second-order valence-electron chi connectivity index (χ2n) is 7.73. The van der Waals surface area contributed by atoms with Crippen LogP contribution in [0.2, 0.25) is 0 Å². The number of allylic oxidation sites excluding steroid dienone is 1. The largest absolute Gasteiger partial charge is 0.337 e. The molecule has 10 heteroatoms. The average Bonchev–Trinajstić information content (AvgIpc) is 2.94. The zero-order valence-electron chi connectivity index (χ0n) is 17.1. The molecule has 31 heavy (non-hydrogen) atoms. The first-order valence-electron chi connectivity index (χ1n) is 10.1. The van der Waals surface area contributed by atoms with Crippen LogP contribution in [0.3, 0.4) is 0 Å². The molecular formula is C21H24F2N4O4. The van der Waals surface area contributed by atoms with Gasteiger partial charge < -0.3 is 10.6 Å². The lowest BCUT2D eigenvalue weighted by molar-refractivity contribution is -0.134. The molecule has 3 rings (SSSR count). The molecule has 1 atom stereocenters. The molecule has 1 saturated heterocycles. The van der Waals surface area contributed by atoms with Crippen LogP contribution in [-0.4, -0.2) is 41.9 Å². The van der Waals surface area contributed by atoms with E-state index in [2.05, 4.69) is 22.0 Å². The molecule has 1 aromatic carbocycles. The number of rotatable bonds is 6. The minimum Gasteiger partial charge on any atom is -0.337 e. The summed E-state index contributed by atoms with van der Waals surface area (Å²) < 4.78 is 27.7. The van der Waals surface area contributed by atoms with E-state index in [1.807, 2.05) is 0 Å². The Kier molecular flexibility index (Phi) is 6.67. The Labute approximate surface area is 178 Å². The summed E-state index contributed by atoms with van der Waals surface area (Å²) in [5, 5.41) is 6.90. The first-order valence-corrected chi connectivity index (χ1v) is 10.1. The fourth-order valence-corrected chi connectivity index (χ4v) is 3.73. The van der Waals surface area contributed by atoms with Crippen LogP contribution in [0.4, 0.5) is 18.4 Å². The smallest absolute Gasteiger partial charge is 0.325 e. The lowest BCUT2D eigenvalue weighted by atomic mass is 9.91. The number of amides is 6. The lowest BCUT2D eigenvalue weighted by Gasteiger charge is -2.22. The third kappa shape index (κ3) is 5.07. The zero-order chi connectivity index (χ0) is 22.6. The summed E-state index contributed by atoms with van der Waals surface area (Å²) in [5.74, 6) is -3.48. The summed E-state index contributed by atoms with van der Waals surface area (Å²) in [7, 11) is 0. The first kappa shape index (κ1) is 22.4. The van der Waals surface area contributed by atoms with Crippen molar-refractivity contribution in [2.24, 2.45) is 0 Å². The van der Waals surface area contributed by atoms with E-state index in [9.17, 15) is 28.0 Å². The molecule has 0 radical (unpaired) electrons. The van der Waals surface area contributed by atoms with Gasteiger partial charge in [-0.2, -0.15) is 0 Å². The Bertz CT molecular complexity index is 949. The Hall–Kier alpha value is -3.30. The number of carbonyl (C=O) groups excluding carboxylic acids is 4. The van der Waals surface area contributed by atoms with E-state index < -0.39 is 47.6 Å². The van der Waals surface area contributed by atoms with Crippen LogP contribution in [0.5, 0.6) is 0 Å². The molecule has 0 spiro atoms.